The summed E-state index contributed by atoms with van der Waals surface area (Å²) in [6, 6.07) is 7.27. The number of hydrogen-bond donors (Lipinski definition) is 0. The fourth-order valence-electron chi connectivity index (χ4n) is 3.53. The number of piperidine rings is 1. The standard InChI is InChI=1S/C18H22N4O2S2/c1-12-10-14(3)22(20-12)18-19-16-8-7-15(11-17(16)25-18)26(23,24)21-9-5-4-6-13(21)2/h7-8,10-11,13H,4-6,9H2,1-3H3/t13-/m0/s1. The maximum atomic E-state index is 13.1. The Balaban J connectivity index is 1.75. The van der Waals surface area contributed by atoms with Crippen molar-refractivity contribution in [3.63, 3.8) is 0 Å². The van der Waals surface area contributed by atoms with Crippen LogP contribution in [-0.4, -0.2) is 40.1 Å². The van der Waals surface area contributed by atoms with E-state index in [1.165, 1.54) is 11.3 Å². The number of fused-ring (bicyclic) bond motifs is 1. The number of sulfonamides is 1. The van der Waals surface area contributed by atoms with Gasteiger partial charge < -0.3 is 0 Å². The van der Waals surface area contributed by atoms with Crippen molar-refractivity contribution >= 4 is 31.6 Å². The van der Waals surface area contributed by atoms with Crippen LogP contribution in [-0.2, 0) is 10.0 Å². The van der Waals surface area contributed by atoms with E-state index in [0.29, 0.717) is 11.4 Å². The molecule has 26 heavy (non-hydrogen) atoms. The van der Waals surface area contributed by atoms with Crippen LogP contribution in [0.15, 0.2) is 29.2 Å². The third-order valence-corrected chi connectivity index (χ3v) is 7.89. The quantitative estimate of drug-likeness (QED) is 0.684. The largest absolute Gasteiger partial charge is 0.243 e. The van der Waals surface area contributed by atoms with Gasteiger partial charge in [-0.1, -0.05) is 17.8 Å². The molecule has 0 amide bonds. The van der Waals surface area contributed by atoms with Crippen molar-refractivity contribution in [2.24, 2.45) is 0 Å². The Kier molecular flexibility index (Phi) is 4.37. The van der Waals surface area contributed by atoms with E-state index in [0.717, 1.165) is 46.0 Å². The molecule has 0 N–H and O–H groups in total. The molecule has 4 rings (SSSR count). The summed E-state index contributed by atoms with van der Waals surface area (Å²) in [5.41, 5.74) is 2.74. The van der Waals surface area contributed by atoms with Crippen LogP contribution in [0.25, 0.3) is 15.3 Å². The smallest absolute Gasteiger partial charge is 0.218 e. The van der Waals surface area contributed by atoms with E-state index in [4.69, 9.17) is 0 Å². The lowest BCUT2D eigenvalue weighted by Crippen LogP contribution is -2.41. The highest BCUT2D eigenvalue weighted by Gasteiger charge is 2.31. The molecule has 0 aliphatic carbocycles. The number of hydrogen-bond acceptors (Lipinski definition) is 5. The first kappa shape index (κ1) is 17.6. The predicted molar refractivity (Wildman–Crippen MR) is 103 cm³/mol. The van der Waals surface area contributed by atoms with Gasteiger partial charge in [-0.15, -0.1) is 0 Å². The number of aromatic nitrogens is 3. The molecule has 0 saturated carbocycles. The van der Waals surface area contributed by atoms with Gasteiger partial charge in [0.15, 0.2) is 0 Å². The summed E-state index contributed by atoms with van der Waals surface area (Å²) >= 11 is 1.46. The van der Waals surface area contributed by atoms with Gasteiger partial charge >= 0.3 is 0 Å². The summed E-state index contributed by atoms with van der Waals surface area (Å²) < 4.78 is 30.4. The molecule has 1 saturated heterocycles. The van der Waals surface area contributed by atoms with Gasteiger partial charge in [-0.05, 0) is 57.9 Å². The third-order valence-electron chi connectivity index (χ3n) is 4.89. The highest BCUT2D eigenvalue weighted by Crippen LogP contribution is 2.31. The minimum absolute atomic E-state index is 0.0520. The molecular formula is C18H22N4O2S2. The molecule has 1 aliphatic heterocycles. The monoisotopic (exact) mass is 390 g/mol. The van der Waals surface area contributed by atoms with Crippen LogP contribution < -0.4 is 0 Å². The lowest BCUT2D eigenvalue weighted by molar-refractivity contribution is 0.268. The van der Waals surface area contributed by atoms with Gasteiger partial charge in [0.05, 0.1) is 20.8 Å². The van der Waals surface area contributed by atoms with Gasteiger partial charge in [-0.3, -0.25) is 0 Å². The van der Waals surface area contributed by atoms with Crippen molar-refractivity contribution in [3.8, 4) is 5.13 Å². The minimum atomic E-state index is -3.47. The zero-order chi connectivity index (χ0) is 18.5. The highest BCUT2D eigenvalue weighted by atomic mass is 32.2. The fourth-order valence-corrected chi connectivity index (χ4v) is 6.35. The van der Waals surface area contributed by atoms with Crippen molar-refractivity contribution in [2.45, 2.75) is 51.0 Å². The Labute approximate surface area is 157 Å². The van der Waals surface area contributed by atoms with Gasteiger partial charge in [0.1, 0.15) is 0 Å². The summed E-state index contributed by atoms with van der Waals surface area (Å²) in [6.07, 6.45) is 2.94. The molecular weight excluding hydrogens is 368 g/mol. The predicted octanol–water partition coefficient (Wildman–Crippen LogP) is 3.66. The lowest BCUT2D eigenvalue weighted by Gasteiger charge is -2.32. The first-order valence-corrected chi connectivity index (χ1v) is 11.1. The van der Waals surface area contributed by atoms with E-state index in [2.05, 4.69) is 10.1 Å². The Morgan fingerprint density at radius 1 is 1.19 bits per heavy atom. The molecule has 8 heteroatoms. The second kappa shape index (κ2) is 6.44. The second-order valence-corrected chi connectivity index (χ2v) is 9.83. The fraction of sp³-hybridized carbons (Fsp3) is 0.444. The molecule has 3 heterocycles. The Bertz CT molecular complexity index is 1070. The first-order valence-electron chi connectivity index (χ1n) is 8.82. The molecule has 3 aromatic rings. The zero-order valence-corrected chi connectivity index (χ0v) is 16.8. The van der Waals surface area contributed by atoms with Gasteiger partial charge in [0.25, 0.3) is 0 Å². The SMILES string of the molecule is Cc1cc(C)n(-c2nc3ccc(S(=O)(=O)N4CCCC[C@@H]4C)cc3s2)n1. The lowest BCUT2D eigenvalue weighted by atomic mass is 10.1. The second-order valence-electron chi connectivity index (χ2n) is 6.93. The number of thiazole rings is 1. The van der Waals surface area contributed by atoms with Crippen LogP contribution in [0.3, 0.4) is 0 Å². The minimum Gasteiger partial charge on any atom is -0.218 e. The van der Waals surface area contributed by atoms with Gasteiger partial charge in [-0.25, -0.2) is 18.1 Å². The maximum absolute atomic E-state index is 13.1. The van der Waals surface area contributed by atoms with Crippen LogP contribution in [0.4, 0.5) is 0 Å². The molecule has 2 aromatic heterocycles. The topological polar surface area (TPSA) is 68.1 Å². The number of nitrogens with zero attached hydrogens (tertiary/aromatic N) is 4. The van der Waals surface area contributed by atoms with Crippen molar-refractivity contribution < 1.29 is 8.42 Å². The number of benzene rings is 1. The highest BCUT2D eigenvalue weighted by molar-refractivity contribution is 7.89. The zero-order valence-electron chi connectivity index (χ0n) is 15.1. The van der Waals surface area contributed by atoms with Gasteiger partial charge in [-0.2, -0.15) is 9.40 Å². The van der Waals surface area contributed by atoms with Crippen LogP contribution >= 0.6 is 11.3 Å². The number of rotatable bonds is 3. The van der Waals surface area contributed by atoms with E-state index in [1.807, 2.05) is 26.8 Å². The van der Waals surface area contributed by atoms with E-state index in [1.54, 1.807) is 27.2 Å². The molecule has 1 fully saturated rings. The summed E-state index contributed by atoms with van der Waals surface area (Å²) in [6.45, 7) is 6.52. The number of aryl methyl sites for hydroxylation is 2. The summed E-state index contributed by atoms with van der Waals surface area (Å²) in [4.78, 5) is 4.97. The maximum Gasteiger partial charge on any atom is 0.243 e. The van der Waals surface area contributed by atoms with Crippen LogP contribution in [0.1, 0.15) is 37.6 Å². The molecule has 1 aromatic carbocycles. The van der Waals surface area contributed by atoms with Gasteiger partial charge in [0.2, 0.25) is 15.2 Å². The van der Waals surface area contributed by atoms with E-state index in [9.17, 15) is 8.42 Å². The average Bonchev–Trinajstić information content (AvgIpc) is 3.16. The molecule has 6 nitrogen and oxygen atoms in total. The summed E-state index contributed by atoms with van der Waals surface area (Å²) in [7, 11) is -3.47. The van der Waals surface area contributed by atoms with E-state index in [-0.39, 0.29) is 6.04 Å². The summed E-state index contributed by atoms with van der Waals surface area (Å²) in [5, 5.41) is 5.22. The molecule has 1 aliphatic rings. The molecule has 1 atom stereocenters. The molecule has 0 bridgehead atoms. The van der Waals surface area contributed by atoms with E-state index >= 15 is 0 Å². The van der Waals surface area contributed by atoms with Crippen molar-refractivity contribution in [3.05, 3.63) is 35.7 Å². The molecule has 138 valence electrons. The molecule has 0 radical (unpaired) electrons. The Morgan fingerprint density at radius 2 is 2.00 bits per heavy atom. The Morgan fingerprint density at radius 3 is 2.69 bits per heavy atom. The third kappa shape index (κ3) is 2.95. The molecule has 0 spiro atoms. The van der Waals surface area contributed by atoms with Crippen molar-refractivity contribution in [2.75, 3.05) is 6.54 Å². The van der Waals surface area contributed by atoms with Crippen LogP contribution in [0.5, 0.6) is 0 Å². The van der Waals surface area contributed by atoms with Crippen molar-refractivity contribution in [1.29, 1.82) is 0 Å². The average molecular weight is 391 g/mol. The normalized spacial score (nSPS) is 19.3. The van der Waals surface area contributed by atoms with Crippen LogP contribution in [0.2, 0.25) is 0 Å². The van der Waals surface area contributed by atoms with Gasteiger partial charge in [0, 0.05) is 18.3 Å². The summed E-state index contributed by atoms with van der Waals surface area (Å²) in [5.74, 6) is 0. The first-order chi connectivity index (χ1) is 12.4. The molecule has 0 unspecified atom stereocenters. The van der Waals surface area contributed by atoms with E-state index < -0.39 is 10.0 Å². The van der Waals surface area contributed by atoms with Crippen molar-refractivity contribution in [1.82, 2.24) is 19.1 Å². The Hall–Kier alpha value is -1.77. The van der Waals surface area contributed by atoms with Crippen LogP contribution in [0, 0.1) is 13.8 Å².